The highest BCUT2D eigenvalue weighted by Gasteiger charge is 2.21. The van der Waals surface area contributed by atoms with E-state index in [0.29, 0.717) is 11.7 Å². The van der Waals surface area contributed by atoms with Crippen molar-refractivity contribution in [2.24, 2.45) is 0 Å². The van der Waals surface area contributed by atoms with E-state index in [1.54, 1.807) is 7.11 Å². The van der Waals surface area contributed by atoms with Gasteiger partial charge in [0, 0.05) is 17.5 Å². The number of methoxy groups -OCH3 is 1. The van der Waals surface area contributed by atoms with Gasteiger partial charge in [0.2, 0.25) is 0 Å². The lowest BCUT2D eigenvalue weighted by molar-refractivity contribution is 0.416. The average Bonchev–Trinajstić information content (AvgIpc) is 2.76. The van der Waals surface area contributed by atoms with E-state index < -0.39 is 0 Å². The molecule has 1 heterocycles. The van der Waals surface area contributed by atoms with Gasteiger partial charge in [-0.25, -0.2) is 4.98 Å². The third-order valence-electron chi connectivity index (χ3n) is 3.37. The van der Waals surface area contributed by atoms with Gasteiger partial charge in [0.05, 0.1) is 7.11 Å². The molecule has 0 radical (unpaired) electrons. The molecule has 2 N–H and O–H groups in total. The minimum atomic E-state index is 0.281. The van der Waals surface area contributed by atoms with E-state index in [9.17, 15) is 0 Å². The molecule has 2 rings (SSSR count). The van der Waals surface area contributed by atoms with Gasteiger partial charge in [-0.05, 0) is 26.0 Å². The minimum absolute atomic E-state index is 0.281. The van der Waals surface area contributed by atoms with Crippen molar-refractivity contribution < 1.29 is 4.74 Å². The van der Waals surface area contributed by atoms with Crippen molar-refractivity contribution in [3.63, 3.8) is 0 Å². The fourth-order valence-corrected chi connectivity index (χ4v) is 2.45. The van der Waals surface area contributed by atoms with Crippen molar-refractivity contribution >= 4 is 5.82 Å². The Bertz CT molecular complexity index is 600. The molecule has 0 bridgehead atoms. The molecule has 0 unspecified atom stereocenters. The van der Waals surface area contributed by atoms with Crippen LogP contribution in [0.25, 0.3) is 11.3 Å². The second kappa shape index (κ2) is 5.57. The molecule has 108 valence electrons. The third-order valence-corrected chi connectivity index (χ3v) is 3.37. The zero-order valence-electron chi connectivity index (χ0n) is 12.8. The lowest BCUT2D eigenvalue weighted by Crippen LogP contribution is -2.10. The number of benzene rings is 1. The molecular formula is C16H23N3O. The van der Waals surface area contributed by atoms with Crippen molar-refractivity contribution in [3.05, 3.63) is 30.1 Å². The molecular weight excluding hydrogens is 250 g/mol. The van der Waals surface area contributed by atoms with Gasteiger partial charge in [-0.2, -0.15) is 0 Å². The first kappa shape index (κ1) is 14.4. The SMILES string of the molecule is COc1ccccc1-c1nc(C(C)C)n(C(C)C)c1N. The Hall–Kier alpha value is -1.97. The Morgan fingerprint density at radius 2 is 1.80 bits per heavy atom. The number of anilines is 1. The van der Waals surface area contributed by atoms with Gasteiger partial charge in [-0.15, -0.1) is 0 Å². The van der Waals surface area contributed by atoms with E-state index in [0.717, 1.165) is 22.8 Å². The fourth-order valence-electron chi connectivity index (χ4n) is 2.45. The fraction of sp³-hybridized carbons (Fsp3) is 0.438. The number of aromatic nitrogens is 2. The lowest BCUT2D eigenvalue weighted by Gasteiger charge is -2.15. The third kappa shape index (κ3) is 2.38. The zero-order valence-corrected chi connectivity index (χ0v) is 12.8. The number of nitrogens with zero attached hydrogens (tertiary/aromatic N) is 2. The van der Waals surface area contributed by atoms with Crippen LogP contribution in [0, 0.1) is 0 Å². The first-order valence-electron chi connectivity index (χ1n) is 6.98. The van der Waals surface area contributed by atoms with Crippen molar-refractivity contribution in [2.45, 2.75) is 39.7 Å². The molecule has 0 spiro atoms. The summed E-state index contributed by atoms with van der Waals surface area (Å²) in [6.07, 6.45) is 0. The van der Waals surface area contributed by atoms with Crippen molar-refractivity contribution in [1.82, 2.24) is 9.55 Å². The van der Waals surface area contributed by atoms with Gasteiger partial charge in [-0.1, -0.05) is 26.0 Å². The largest absolute Gasteiger partial charge is 0.496 e. The monoisotopic (exact) mass is 273 g/mol. The quantitative estimate of drug-likeness (QED) is 0.920. The van der Waals surface area contributed by atoms with E-state index in [-0.39, 0.29) is 6.04 Å². The zero-order chi connectivity index (χ0) is 14.9. The highest BCUT2D eigenvalue weighted by molar-refractivity contribution is 5.76. The molecule has 0 saturated heterocycles. The summed E-state index contributed by atoms with van der Waals surface area (Å²) in [4.78, 5) is 4.77. The van der Waals surface area contributed by atoms with E-state index in [4.69, 9.17) is 15.5 Å². The second-order valence-corrected chi connectivity index (χ2v) is 5.52. The number of nitrogens with two attached hydrogens (primary N) is 1. The molecule has 0 aliphatic heterocycles. The van der Waals surface area contributed by atoms with Crippen LogP contribution in [0.2, 0.25) is 0 Å². The van der Waals surface area contributed by atoms with Gasteiger partial charge in [0.15, 0.2) is 0 Å². The Morgan fingerprint density at radius 3 is 2.30 bits per heavy atom. The predicted molar refractivity (Wildman–Crippen MR) is 83.1 cm³/mol. The normalized spacial score (nSPS) is 11.3. The van der Waals surface area contributed by atoms with Crippen LogP contribution < -0.4 is 10.5 Å². The molecule has 0 aliphatic carbocycles. The molecule has 1 aromatic heterocycles. The van der Waals surface area contributed by atoms with Gasteiger partial charge in [0.25, 0.3) is 0 Å². The summed E-state index contributed by atoms with van der Waals surface area (Å²) in [6, 6.07) is 8.12. The summed E-state index contributed by atoms with van der Waals surface area (Å²) in [5.41, 5.74) is 8.09. The van der Waals surface area contributed by atoms with Crippen LogP contribution in [0.3, 0.4) is 0 Å². The summed E-state index contributed by atoms with van der Waals surface area (Å²) in [5, 5.41) is 0. The standard InChI is InChI=1S/C16H23N3O/c1-10(2)16-18-14(15(17)19(16)11(3)4)12-8-6-7-9-13(12)20-5/h6-11H,17H2,1-5H3. The molecule has 0 fully saturated rings. The van der Waals surface area contributed by atoms with E-state index in [1.807, 2.05) is 24.3 Å². The van der Waals surface area contributed by atoms with Crippen LogP contribution >= 0.6 is 0 Å². The minimum Gasteiger partial charge on any atom is -0.496 e. The van der Waals surface area contributed by atoms with E-state index in [1.165, 1.54) is 0 Å². The number of imidazole rings is 1. The highest BCUT2D eigenvalue weighted by Crippen LogP contribution is 2.36. The Morgan fingerprint density at radius 1 is 1.15 bits per heavy atom. The van der Waals surface area contributed by atoms with Crippen LogP contribution in [0.5, 0.6) is 5.75 Å². The van der Waals surface area contributed by atoms with Crippen LogP contribution in [0.15, 0.2) is 24.3 Å². The Labute approximate surface area is 120 Å². The molecule has 2 aromatic rings. The number of hydrogen-bond acceptors (Lipinski definition) is 3. The molecule has 4 nitrogen and oxygen atoms in total. The smallest absolute Gasteiger partial charge is 0.132 e. The summed E-state index contributed by atoms with van der Waals surface area (Å²) in [5.74, 6) is 2.83. The number of hydrogen-bond donors (Lipinski definition) is 1. The number of ether oxygens (including phenoxy) is 1. The van der Waals surface area contributed by atoms with Gasteiger partial charge >= 0.3 is 0 Å². The van der Waals surface area contributed by atoms with Crippen molar-refractivity contribution in [3.8, 4) is 17.0 Å². The number of nitrogen functional groups attached to an aromatic ring is 1. The van der Waals surface area contributed by atoms with Gasteiger partial charge < -0.3 is 15.0 Å². The molecule has 0 amide bonds. The second-order valence-electron chi connectivity index (χ2n) is 5.52. The Kier molecular flexibility index (Phi) is 4.02. The van der Waals surface area contributed by atoms with Crippen LogP contribution in [-0.4, -0.2) is 16.7 Å². The predicted octanol–water partition coefficient (Wildman–Crippen LogP) is 3.85. The summed E-state index contributed by atoms with van der Waals surface area (Å²) in [7, 11) is 1.66. The first-order valence-corrected chi connectivity index (χ1v) is 6.98. The molecule has 4 heteroatoms. The topological polar surface area (TPSA) is 53.1 Å². The lowest BCUT2D eigenvalue weighted by atomic mass is 10.1. The average molecular weight is 273 g/mol. The molecule has 0 aliphatic rings. The Balaban J connectivity index is 2.67. The first-order chi connectivity index (χ1) is 9.47. The summed E-state index contributed by atoms with van der Waals surface area (Å²) >= 11 is 0. The maximum Gasteiger partial charge on any atom is 0.132 e. The van der Waals surface area contributed by atoms with Gasteiger partial charge in [0.1, 0.15) is 23.1 Å². The number of rotatable bonds is 4. The van der Waals surface area contributed by atoms with Gasteiger partial charge in [-0.3, -0.25) is 0 Å². The van der Waals surface area contributed by atoms with E-state index >= 15 is 0 Å². The molecule has 20 heavy (non-hydrogen) atoms. The van der Waals surface area contributed by atoms with Crippen LogP contribution in [0.1, 0.15) is 45.5 Å². The van der Waals surface area contributed by atoms with Crippen LogP contribution in [-0.2, 0) is 0 Å². The van der Waals surface area contributed by atoms with Crippen LogP contribution in [0.4, 0.5) is 5.82 Å². The number of para-hydroxylation sites is 1. The van der Waals surface area contributed by atoms with E-state index in [2.05, 4.69) is 32.3 Å². The summed E-state index contributed by atoms with van der Waals surface area (Å²) in [6.45, 7) is 8.51. The molecule has 0 saturated carbocycles. The summed E-state index contributed by atoms with van der Waals surface area (Å²) < 4.78 is 7.52. The highest BCUT2D eigenvalue weighted by atomic mass is 16.5. The van der Waals surface area contributed by atoms with Crippen molar-refractivity contribution in [1.29, 1.82) is 0 Å². The maximum absolute atomic E-state index is 6.34. The molecule has 1 aromatic carbocycles. The molecule has 0 atom stereocenters. The maximum atomic E-state index is 6.34. The van der Waals surface area contributed by atoms with Crippen molar-refractivity contribution in [2.75, 3.05) is 12.8 Å².